The van der Waals surface area contributed by atoms with Gasteiger partial charge in [-0.1, -0.05) is 12.1 Å². The van der Waals surface area contributed by atoms with Crippen LogP contribution in [0.1, 0.15) is 29.8 Å². The number of nitrogens with one attached hydrogen (secondary N) is 2. The highest BCUT2D eigenvalue weighted by Crippen LogP contribution is 2.20. The van der Waals surface area contributed by atoms with Crippen LogP contribution in [0.3, 0.4) is 0 Å². The third kappa shape index (κ3) is 4.55. The summed E-state index contributed by atoms with van der Waals surface area (Å²) in [7, 11) is 0. The molecule has 0 saturated carbocycles. The maximum atomic E-state index is 13.0. The van der Waals surface area contributed by atoms with Crippen molar-refractivity contribution in [2.45, 2.75) is 39.3 Å². The topological polar surface area (TPSA) is 51.1 Å². The summed E-state index contributed by atoms with van der Waals surface area (Å²) in [6.07, 6.45) is 2.42. The van der Waals surface area contributed by atoms with Crippen LogP contribution < -0.4 is 10.6 Å². The molecule has 0 radical (unpaired) electrons. The van der Waals surface area contributed by atoms with Gasteiger partial charge < -0.3 is 15.4 Å². The summed E-state index contributed by atoms with van der Waals surface area (Å²) < 4.78 is 20.5. The van der Waals surface area contributed by atoms with Crippen molar-refractivity contribution in [1.29, 1.82) is 0 Å². The van der Waals surface area contributed by atoms with Crippen LogP contribution in [0.25, 0.3) is 0 Å². The molecule has 2 N–H and O–H groups in total. The Morgan fingerprint density at radius 2 is 2.12 bits per heavy atom. The molecule has 1 aliphatic rings. The molecular formula is C18H23FN4OS. The summed E-state index contributed by atoms with van der Waals surface area (Å²) in [5, 5.41) is 11.6. The Bertz CT molecular complexity index is 738. The minimum atomic E-state index is -0.234. The predicted molar refractivity (Wildman–Crippen MR) is 100 cm³/mol. The Morgan fingerprint density at radius 1 is 1.36 bits per heavy atom. The fourth-order valence-corrected chi connectivity index (χ4v) is 3.15. The van der Waals surface area contributed by atoms with Gasteiger partial charge >= 0.3 is 0 Å². The summed E-state index contributed by atoms with van der Waals surface area (Å²) in [5.41, 5.74) is 3.77. The van der Waals surface area contributed by atoms with Crippen LogP contribution in [-0.4, -0.2) is 34.1 Å². The molecule has 0 spiro atoms. The molecule has 7 heteroatoms. The van der Waals surface area contributed by atoms with E-state index in [1.165, 1.54) is 12.1 Å². The Labute approximate surface area is 152 Å². The molecule has 1 aromatic heterocycles. The van der Waals surface area contributed by atoms with E-state index >= 15 is 0 Å². The van der Waals surface area contributed by atoms with Gasteiger partial charge in [0.25, 0.3) is 0 Å². The summed E-state index contributed by atoms with van der Waals surface area (Å²) in [4.78, 5) is 0. The second kappa shape index (κ2) is 7.93. The van der Waals surface area contributed by atoms with Crippen LogP contribution in [-0.2, 0) is 11.3 Å². The normalized spacial score (nSPS) is 16.8. The van der Waals surface area contributed by atoms with E-state index in [1.807, 2.05) is 18.5 Å². The first-order valence-corrected chi connectivity index (χ1v) is 8.88. The number of nitrogens with zero attached hydrogens (tertiary/aromatic N) is 2. The number of aryl methyl sites for hydroxylation is 1. The lowest BCUT2D eigenvalue weighted by atomic mass is 10.2. The second-order valence-electron chi connectivity index (χ2n) is 6.30. The lowest BCUT2D eigenvalue weighted by Crippen LogP contribution is -2.35. The summed E-state index contributed by atoms with van der Waals surface area (Å²) in [5.74, 6) is -0.234. The van der Waals surface area contributed by atoms with E-state index in [0.717, 1.165) is 42.1 Å². The van der Waals surface area contributed by atoms with Gasteiger partial charge in [0.15, 0.2) is 5.11 Å². The number of hydrogen-bond donors (Lipinski definition) is 2. The number of anilines is 1. The average Bonchev–Trinajstić information content (AvgIpc) is 3.19. The number of halogens is 1. The van der Waals surface area contributed by atoms with E-state index < -0.39 is 0 Å². The molecule has 1 fully saturated rings. The zero-order valence-electron chi connectivity index (χ0n) is 14.5. The lowest BCUT2D eigenvalue weighted by molar-refractivity contribution is 0.114. The largest absolute Gasteiger partial charge is 0.376 e. The Hall–Kier alpha value is -1.99. The number of rotatable bonds is 5. The standard InChI is InChI=1S/C18H23FN4OS/c1-12-17(21-18(25)20-10-16-4-3-9-24-16)13(2)23(22-12)11-14-5-7-15(19)8-6-14/h5-8,16H,3-4,9-11H2,1-2H3,(H2,20,21,25). The van der Waals surface area contributed by atoms with Crippen molar-refractivity contribution >= 4 is 23.0 Å². The third-order valence-corrected chi connectivity index (χ3v) is 4.63. The van der Waals surface area contributed by atoms with Crippen LogP contribution in [0.2, 0.25) is 0 Å². The molecule has 25 heavy (non-hydrogen) atoms. The molecule has 1 atom stereocenters. The zero-order chi connectivity index (χ0) is 17.8. The molecule has 134 valence electrons. The third-order valence-electron chi connectivity index (χ3n) is 4.38. The van der Waals surface area contributed by atoms with Crippen molar-refractivity contribution in [2.24, 2.45) is 0 Å². The van der Waals surface area contributed by atoms with Crippen molar-refractivity contribution in [3.8, 4) is 0 Å². The first kappa shape index (κ1) is 17.8. The van der Waals surface area contributed by atoms with E-state index in [-0.39, 0.29) is 11.9 Å². The van der Waals surface area contributed by atoms with Crippen molar-refractivity contribution in [3.05, 3.63) is 47.0 Å². The van der Waals surface area contributed by atoms with Gasteiger partial charge in [-0.15, -0.1) is 0 Å². The van der Waals surface area contributed by atoms with Gasteiger partial charge in [-0.05, 0) is 56.6 Å². The van der Waals surface area contributed by atoms with Gasteiger partial charge in [-0.25, -0.2) is 4.39 Å². The van der Waals surface area contributed by atoms with E-state index in [4.69, 9.17) is 17.0 Å². The molecule has 0 bridgehead atoms. The first-order valence-electron chi connectivity index (χ1n) is 8.48. The predicted octanol–water partition coefficient (Wildman–Crippen LogP) is 3.15. The number of ether oxygens (including phenoxy) is 1. The molecule has 5 nitrogen and oxygen atoms in total. The van der Waals surface area contributed by atoms with Crippen molar-refractivity contribution in [2.75, 3.05) is 18.5 Å². The summed E-state index contributed by atoms with van der Waals surface area (Å²) in [6.45, 7) is 6.08. The summed E-state index contributed by atoms with van der Waals surface area (Å²) in [6, 6.07) is 6.47. The Balaban J connectivity index is 1.62. The van der Waals surface area contributed by atoms with Gasteiger partial charge in [0, 0.05) is 13.2 Å². The Kier molecular flexibility index (Phi) is 5.65. The highest BCUT2D eigenvalue weighted by Gasteiger charge is 2.17. The van der Waals surface area contributed by atoms with Crippen molar-refractivity contribution in [1.82, 2.24) is 15.1 Å². The fraction of sp³-hybridized carbons (Fsp3) is 0.444. The van der Waals surface area contributed by atoms with Gasteiger partial charge in [-0.3, -0.25) is 4.68 Å². The molecule has 1 aromatic carbocycles. The van der Waals surface area contributed by atoms with Crippen LogP contribution in [0.5, 0.6) is 0 Å². The maximum absolute atomic E-state index is 13.0. The smallest absolute Gasteiger partial charge is 0.170 e. The second-order valence-corrected chi connectivity index (χ2v) is 6.71. The van der Waals surface area contributed by atoms with Crippen molar-refractivity contribution < 1.29 is 9.13 Å². The minimum absolute atomic E-state index is 0.234. The minimum Gasteiger partial charge on any atom is -0.376 e. The van der Waals surface area contributed by atoms with Crippen LogP contribution >= 0.6 is 12.2 Å². The molecule has 2 aromatic rings. The molecule has 0 aliphatic carbocycles. The Morgan fingerprint density at radius 3 is 2.80 bits per heavy atom. The number of hydrogen-bond acceptors (Lipinski definition) is 3. The molecule has 2 heterocycles. The highest BCUT2D eigenvalue weighted by atomic mass is 32.1. The molecule has 1 saturated heterocycles. The van der Waals surface area contributed by atoms with E-state index in [1.54, 1.807) is 12.1 Å². The lowest BCUT2D eigenvalue weighted by Gasteiger charge is -2.14. The zero-order valence-corrected chi connectivity index (χ0v) is 15.3. The van der Waals surface area contributed by atoms with Gasteiger partial charge in [0.1, 0.15) is 5.82 Å². The number of thiocarbonyl (C=S) groups is 1. The van der Waals surface area contributed by atoms with E-state index in [9.17, 15) is 4.39 Å². The molecule has 1 unspecified atom stereocenters. The van der Waals surface area contributed by atoms with Crippen LogP contribution in [0.4, 0.5) is 10.1 Å². The van der Waals surface area contributed by atoms with Crippen molar-refractivity contribution in [3.63, 3.8) is 0 Å². The van der Waals surface area contributed by atoms with Gasteiger partial charge in [0.05, 0.1) is 29.7 Å². The average molecular weight is 362 g/mol. The maximum Gasteiger partial charge on any atom is 0.170 e. The molecule has 1 aliphatic heterocycles. The van der Waals surface area contributed by atoms with Crippen LogP contribution in [0.15, 0.2) is 24.3 Å². The van der Waals surface area contributed by atoms with E-state index in [2.05, 4.69) is 15.7 Å². The molecule has 0 amide bonds. The molecular weight excluding hydrogens is 339 g/mol. The SMILES string of the molecule is Cc1nn(Cc2ccc(F)cc2)c(C)c1NC(=S)NCC1CCCO1. The number of benzene rings is 1. The van der Waals surface area contributed by atoms with Gasteiger partial charge in [-0.2, -0.15) is 5.10 Å². The summed E-state index contributed by atoms with van der Waals surface area (Å²) >= 11 is 5.39. The monoisotopic (exact) mass is 362 g/mol. The number of aromatic nitrogens is 2. The quantitative estimate of drug-likeness (QED) is 0.801. The van der Waals surface area contributed by atoms with Crippen LogP contribution in [0, 0.1) is 19.7 Å². The molecule has 3 rings (SSSR count). The highest BCUT2D eigenvalue weighted by molar-refractivity contribution is 7.80. The first-order chi connectivity index (χ1) is 12.0. The van der Waals surface area contributed by atoms with E-state index in [0.29, 0.717) is 18.2 Å². The fourth-order valence-electron chi connectivity index (χ4n) is 2.96. The van der Waals surface area contributed by atoms with Gasteiger partial charge in [0.2, 0.25) is 0 Å².